The van der Waals surface area contributed by atoms with Gasteiger partial charge in [-0.05, 0) is 29.8 Å². The van der Waals surface area contributed by atoms with Gasteiger partial charge in [0.2, 0.25) is 0 Å². The summed E-state index contributed by atoms with van der Waals surface area (Å²) in [7, 11) is 0. The van der Waals surface area contributed by atoms with Crippen molar-refractivity contribution in [3.8, 4) is 16.2 Å². The highest BCUT2D eigenvalue weighted by molar-refractivity contribution is 7.22. The van der Waals surface area contributed by atoms with E-state index in [1.807, 2.05) is 72.8 Å². The minimum atomic E-state index is -0.337. The van der Waals surface area contributed by atoms with Crippen molar-refractivity contribution >= 4 is 27.4 Å². The van der Waals surface area contributed by atoms with Crippen LogP contribution < -0.4 is 4.74 Å². The molecule has 0 radical (unpaired) electrons. The van der Waals surface area contributed by atoms with Crippen LogP contribution in [0.2, 0.25) is 0 Å². The molecule has 0 spiro atoms. The lowest BCUT2D eigenvalue weighted by Gasteiger charge is -2.07. The van der Waals surface area contributed by atoms with Gasteiger partial charge in [-0.3, -0.25) is 0 Å². The van der Waals surface area contributed by atoms with Gasteiger partial charge in [0.1, 0.15) is 0 Å². The van der Waals surface area contributed by atoms with Gasteiger partial charge < -0.3 is 4.74 Å². The Morgan fingerprint density at radius 1 is 0.750 bits per heavy atom. The van der Waals surface area contributed by atoms with E-state index in [0.717, 1.165) is 20.5 Å². The molecular weight excluding hydrogens is 316 g/mol. The van der Waals surface area contributed by atoms with Crippen molar-refractivity contribution in [3.05, 3.63) is 90.5 Å². The van der Waals surface area contributed by atoms with E-state index in [4.69, 9.17) is 4.74 Å². The molecule has 4 rings (SSSR count). The molecule has 0 unspecified atom stereocenters. The average molecular weight is 330 g/mol. The maximum Gasteiger partial charge on any atom is 0.343 e. The normalized spacial score (nSPS) is 10.7. The predicted octanol–water partition coefficient (Wildman–Crippen LogP) is 5.79. The average Bonchev–Trinajstić information content (AvgIpc) is 3.02. The number of rotatable bonds is 3. The van der Waals surface area contributed by atoms with E-state index >= 15 is 0 Å². The monoisotopic (exact) mass is 330 g/mol. The number of thiophene rings is 1. The summed E-state index contributed by atoms with van der Waals surface area (Å²) >= 11 is 1.64. The molecule has 3 heteroatoms. The second-order valence-electron chi connectivity index (χ2n) is 5.38. The molecule has 116 valence electrons. The highest BCUT2D eigenvalue weighted by atomic mass is 32.1. The molecule has 0 aliphatic heterocycles. The van der Waals surface area contributed by atoms with Gasteiger partial charge in [-0.15, -0.1) is 11.3 Å². The van der Waals surface area contributed by atoms with Crippen LogP contribution in [0, 0.1) is 0 Å². The van der Waals surface area contributed by atoms with Crippen LogP contribution in [0.4, 0.5) is 0 Å². The SMILES string of the molecule is O=C(Oc1c(-c2ccccc2)sc2ccccc12)c1ccccc1. The number of benzene rings is 3. The molecular formula is C21H14O2S. The summed E-state index contributed by atoms with van der Waals surface area (Å²) < 4.78 is 6.91. The molecule has 1 aromatic heterocycles. The Hall–Kier alpha value is -2.91. The smallest absolute Gasteiger partial charge is 0.343 e. The third-order valence-corrected chi connectivity index (χ3v) is 4.99. The van der Waals surface area contributed by atoms with E-state index in [1.165, 1.54) is 0 Å². The van der Waals surface area contributed by atoms with Gasteiger partial charge in [0.25, 0.3) is 0 Å². The topological polar surface area (TPSA) is 26.3 Å². The molecule has 0 saturated heterocycles. The molecule has 4 aromatic rings. The molecule has 0 amide bonds. The molecule has 0 aliphatic rings. The molecule has 0 fully saturated rings. The zero-order valence-corrected chi connectivity index (χ0v) is 13.6. The van der Waals surface area contributed by atoms with Gasteiger partial charge in [-0.1, -0.05) is 60.7 Å². The summed E-state index contributed by atoms with van der Waals surface area (Å²) in [4.78, 5) is 13.5. The predicted molar refractivity (Wildman–Crippen MR) is 98.7 cm³/mol. The molecule has 0 aliphatic carbocycles. The fourth-order valence-electron chi connectivity index (χ4n) is 2.63. The standard InChI is InChI=1S/C21H14O2S/c22-21(16-11-5-2-6-12-16)23-19-17-13-7-8-14-18(17)24-20(19)15-9-3-1-4-10-15/h1-14H. The molecule has 0 atom stereocenters. The first-order valence-corrected chi connectivity index (χ1v) is 8.49. The lowest BCUT2D eigenvalue weighted by Crippen LogP contribution is -2.08. The van der Waals surface area contributed by atoms with Gasteiger partial charge in [-0.25, -0.2) is 4.79 Å². The Morgan fingerprint density at radius 3 is 2.12 bits per heavy atom. The highest BCUT2D eigenvalue weighted by Gasteiger charge is 2.18. The number of carbonyl (C=O) groups is 1. The maximum atomic E-state index is 12.5. The van der Waals surface area contributed by atoms with Crippen molar-refractivity contribution in [1.82, 2.24) is 0 Å². The number of fused-ring (bicyclic) bond motifs is 1. The number of esters is 1. The van der Waals surface area contributed by atoms with Crippen molar-refractivity contribution in [1.29, 1.82) is 0 Å². The first-order chi connectivity index (χ1) is 11.8. The van der Waals surface area contributed by atoms with Crippen LogP contribution in [-0.2, 0) is 0 Å². The molecule has 24 heavy (non-hydrogen) atoms. The maximum absolute atomic E-state index is 12.5. The Morgan fingerprint density at radius 2 is 1.38 bits per heavy atom. The Kier molecular flexibility index (Phi) is 3.85. The first-order valence-electron chi connectivity index (χ1n) is 7.67. The molecule has 0 N–H and O–H groups in total. The fraction of sp³-hybridized carbons (Fsp3) is 0. The summed E-state index contributed by atoms with van der Waals surface area (Å²) in [5.74, 6) is 0.298. The summed E-state index contributed by atoms with van der Waals surface area (Å²) in [5.41, 5.74) is 1.60. The van der Waals surface area contributed by atoms with E-state index in [-0.39, 0.29) is 5.97 Å². The number of hydrogen-bond acceptors (Lipinski definition) is 3. The molecule has 3 aromatic carbocycles. The largest absolute Gasteiger partial charge is 0.421 e. The van der Waals surface area contributed by atoms with Gasteiger partial charge in [0.15, 0.2) is 5.75 Å². The number of hydrogen-bond donors (Lipinski definition) is 0. The quantitative estimate of drug-likeness (QED) is 0.445. The van der Waals surface area contributed by atoms with Crippen LogP contribution in [0.5, 0.6) is 5.75 Å². The van der Waals surface area contributed by atoms with Crippen molar-refractivity contribution in [2.75, 3.05) is 0 Å². The summed E-state index contributed by atoms with van der Waals surface area (Å²) in [5, 5.41) is 0.964. The summed E-state index contributed by atoms with van der Waals surface area (Å²) in [6.07, 6.45) is 0. The van der Waals surface area contributed by atoms with E-state index in [1.54, 1.807) is 23.5 Å². The van der Waals surface area contributed by atoms with E-state index in [0.29, 0.717) is 11.3 Å². The van der Waals surface area contributed by atoms with Crippen molar-refractivity contribution < 1.29 is 9.53 Å². The van der Waals surface area contributed by atoms with Crippen LogP contribution in [-0.4, -0.2) is 5.97 Å². The molecule has 0 saturated carbocycles. The minimum Gasteiger partial charge on any atom is -0.421 e. The number of ether oxygens (including phenoxy) is 1. The zero-order chi connectivity index (χ0) is 16.4. The molecule has 0 bridgehead atoms. The second-order valence-corrected chi connectivity index (χ2v) is 6.43. The van der Waals surface area contributed by atoms with Crippen molar-refractivity contribution in [3.63, 3.8) is 0 Å². The van der Waals surface area contributed by atoms with Crippen molar-refractivity contribution in [2.45, 2.75) is 0 Å². The third kappa shape index (κ3) is 2.70. The van der Waals surface area contributed by atoms with Gasteiger partial charge in [0, 0.05) is 10.1 Å². The Bertz CT molecular complexity index is 988. The van der Waals surface area contributed by atoms with Crippen LogP contribution >= 0.6 is 11.3 Å². The first kappa shape index (κ1) is 14.7. The van der Waals surface area contributed by atoms with E-state index in [2.05, 4.69) is 0 Å². The zero-order valence-electron chi connectivity index (χ0n) is 12.8. The van der Waals surface area contributed by atoms with E-state index < -0.39 is 0 Å². The molecule has 1 heterocycles. The lowest BCUT2D eigenvalue weighted by atomic mass is 10.1. The summed E-state index contributed by atoms with van der Waals surface area (Å²) in [6, 6.07) is 27.1. The van der Waals surface area contributed by atoms with Gasteiger partial charge in [-0.2, -0.15) is 0 Å². The fourth-order valence-corrected chi connectivity index (χ4v) is 3.76. The lowest BCUT2D eigenvalue weighted by molar-refractivity contribution is 0.0738. The highest BCUT2D eigenvalue weighted by Crippen LogP contribution is 2.44. The van der Waals surface area contributed by atoms with Crippen molar-refractivity contribution in [2.24, 2.45) is 0 Å². The minimum absolute atomic E-state index is 0.337. The summed E-state index contributed by atoms with van der Waals surface area (Å²) in [6.45, 7) is 0. The van der Waals surface area contributed by atoms with Gasteiger partial charge in [0.05, 0.1) is 10.4 Å². The van der Waals surface area contributed by atoms with Gasteiger partial charge >= 0.3 is 5.97 Å². The molecule has 2 nitrogen and oxygen atoms in total. The Labute approximate surface area is 144 Å². The van der Waals surface area contributed by atoms with E-state index in [9.17, 15) is 4.79 Å². The Balaban J connectivity index is 1.83. The van der Waals surface area contributed by atoms with Crippen LogP contribution in [0.15, 0.2) is 84.9 Å². The second kappa shape index (κ2) is 6.30. The van der Waals surface area contributed by atoms with Crippen LogP contribution in [0.25, 0.3) is 20.5 Å². The van der Waals surface area contributed by atoms with Crippen LogP contribution in [0.1, 0.15) is 10.4 Å². The number of carbonyl (C=O) groups excluding carboxylic acids is 1. The third-order valence-electron chi connectivity index (χ3n) is 3.79. The van der Waals surface area contributed by atoms with Crippen LogP contribution in [0.3, 0.4) is 0 Å².